The van der Waals surface area contributed by atoms with E-state index in [9.17, 15) is 4.79 Å². The third-order valence-electron chi connectivity index (χ3n) is 1.66. The summed E-state index contributed by atoms with van der Waals surface area (Å²) in [5.74, 6) is 1.46. The second kappa shape index (κ2) is 4.07. The number of nitrogens with zero attached hydrogens (tertiary/aromatic N) is 1. The molecule has 0 amide bonds. The number of aromatic amines is 1. The third-order valence-corrected chi connectivity index (χ3v) is 1.66. The standard InChI is InChI=1S/C9H14N2O2/c1-4-13-9-7(5-12)10-8(11-9)6(2)3/h5-6H,4H2,1-3H3,(H,10,11). The van der Waals surface area contributed by atoms with Crippen molar-refractivity contribution in [1.29, 1.82) is 0 Å². The summed E-state index contributed by atoms with van der Waals surface area (Å²) in [6.07, 6.45) is 0.726. The number of H-pyrrole nitrogens is 1. The first kappa shape index (κ1) is 9.77. The average molecular weight is 182 g/mol. The van der Waals surface area contributed by atoms with Crippen LogP contribution in [-0.2, 0) is 0 Å². The Morgan fingerprint density at radius 2 is 2.31 bits per heavy atom. The van der Waals surface area contributed by atoms with Crippen molar-refractivity contribution in [3.8, 4) is 5.88 Å². The molecule has 0 fully saturated rings. The van der Waals surface area contributed by atoms with Crippen LogP contribution >= 0.6 is 0 Å². The van der Waals surface area contributed by atoms with Gasteiger partial charge in [0.2, 0.25) is 5.88 Å². The van der Waals surface area contributed by atoms with Crippen LogP contribution in [0.25, 0.3) is 0 Å². The number of carbonyl (C=O) groups excluding carboxylic acids is 1. The van der Waals surface area contributed by atoms with Gasteiger partial charge in [-0.15, -0.1) is 0 Å². The molecule has 4 nitrogen and oxygen atoms in total. The van der Waals surface area contributed by atoms with E-state index in [1.807, 2.05) is 20.8 Å². The molecular formula is C9H14N2O2. The van der Waals surface area contributed by atoms with Crippen molar-refractivity contribution in [3.05, 3.63) is 11.5 Å². The molecular weight excluding hydrogens is 168 g/mol. The molecule has 1 N–H and O–H groups in total. The molecule has 0 bridgehead atoms. The van der Waals surface area contributed by atoms with Gasteiger partial charge in [-0.3, -0.25) is 4.79 Å². The summed E-state index contributed by atoms with van der Waals surface area (Å²) in [6, 6.07) is 0. The Morgan fingerprint density at radius 3 is 2.77 bits per heavy atom. The molecule has 1 heterocycles. The van der Waals surface area contributed by atoms with Gasteiger partial charge in [0.25, 0.3) is 0 Å². The fraction of sp³-hybridized carbons (Fsp3) is 0.556. The van der Waals surface area contributed by atoms with E-state index in [1.165, 1.54) is 0 Å². The lowest BCUT2D eigenvalue weighted by Crippen LogP contribution is -1.94. The molecule has 72 valence electrons. The van der Waals surface area contributed by atoms with Crippen molar-refractivity contribution >= 4 is 6.29 Å². The lowest BCUT2D eigenvalue weighted by atomic mass is 10.2. The van der Waals surface area contributed by atoms with Crippen LogP contribution in [0.3, 0.4) is 0 Å². The van der Waals surface area contributed by atoms with Crippen LogP contribution in [0, 0.1) is 0 Å². The Labute approximate surface area is 77.3 Å². The van der Waals surface area contributed by atoms with E-state index in [4.69, 9.17) is 4.74 Å². The molecule has 0 atom stereocenters. The number of hydrogen-bond acceptors (Lipinski definition) is 3. The fourth-order valence-electron chi connectivity index (χ4n) is 0.989. The Morgan fingerprint density at radius 1 is 1.62 bits per heavy atom. The second-order valence-corrected chi connectivity index (χ2v) is 3.05. The lowest BCUT2D eigenvalue weighted by molar-refractivity contribution is 0.111. The van der Waals surface area contributed by atoms with Gasteiger partial charge in [-0.05, 0) is 6.92 Å². The molecule has 0 aliphatic carbocycles. The first-order valence-corrected chi connectivity index (χ1v) is 4.36. The van der Waals surface area contributed by atoms with Crippen molar-refractivity contribution in [2.75, 3.05) is 6.61 Å². The highest BCUT2D eigenvalue weighted by molar-refractivity contribution is 5.75. The van der Waals surface area contributed by atoms with Crippen LogP contribution < -0.4 is 4.74 Å². The first-order valence-electron chi connectivity index (χ1n) is 4.36. The van der Waals surface area contributed by atoms with E-state index in [-0.39, 0.29) is 5.92 Å². The number of ether oxygens (including phenoxy) is 1. The highest BCUT2D eigenvalue weighted by Gasteiger charge is 2.12. The van der Waals surface area contributed by atoms with Gasteiger partial charge in [0.05, 0.1) is 6.61 Å². The van der Waals surface area contributed by atoms with E-state index < -0.39 is 0 Å². The van der Waals surface area contributed by atoms with Crippen LogP contribution in [0.1, 0.15) is 43.0 Å². The minimum atomic E-state index is 0.271. The quantitative estimate of drug-likeness (QED) is 0.721. The van der Waals surface area contributed by atoms with Crippen LogP contribution in [0.4, 0.5) is 0 Å². The van der Waals surface area contributed by atoms with Crippen molar-refractivity contribution in [1.82, 2.24) is 9.97 Å². The fourth-order valence-corrected chi connectivity index (χ4v) is 0.989. The van der Waals surface area contributed by atoms with E-state index >= 15 is 0 Å². The van der Waals surface area contributed by atoms with Crippen LogP contribution in [0.5, 0.6) is 5.88 Å². The van der Waals surface area contributed by atoms with Crippen molar-refractivity contribution in [2.45, 2.75) is 26.7 Å². The van der Waals surface area contributed by atoms with Crippen molar-refractivity contribution in [2.24, 2.45) is 0 Å². The smallest absolute Gasteiger partial charge is 0.242 e. The van der Waals surface area contributed by atoms with Gasteiger partial charge in [0, 0.05) is 5.92 Å². The van der Waals surface area contributed by atoms with Gasteiger partial charge in [0.1, 0.15) is 11.5 Å². The van der Waals surface area contributed by atoms with Crippen LogP contribution in [0.15, 0.2) is 0 Å². The van der Waals surface area contributed by atoms with Crippen molar-refractivity contribution < 1.29 is 9.53 Å². The summed E-state index contributed by atoms with van der Waals surface area (Å²) >= 11 is 0. The van der Waals surface area contributed by atoms with E-state index in [2.05, 4.69) is 9.97 Å². The predicted octanol–water partition coefficient (Wildman–Crippen LogP) is 1.74. The summed E-state index contributed by atoms with van der Waals surface area (Å²) in [5, 5.41) is 0. The summed E-state index contributed by atoms with van der Waals surface area (Å²) in [4.78, 5) is 17.7. The molecule has 1 aromatic heterocycles. The summed E-state index contributed by atoms with van der Waals surface area (Å²) in [5.41, 5.74) is 0.422. The van der Waals surface area contributed by atoms with Crippen LogP contribution in [-0.4, -0.2) is 22.9 Å². The van der Waals surface area contributed by atoms with E-state index in [0.717, 1.165) is 12.1 Å². The predicted molar refractivity (Wildman–Crippen MR) is 49.2 cm³/mol. The summed E-state index contributed by atoms with van der Waals surface area (Å²) in [7, 11) is 0. The van der Waals surface area contributed by atoms with E-state index in [0.29, 0.717) is 18.2 Å². The zero-order chi connectivity index (χ0) is 9.84. The van der Waals surface area contributed by atoms with Gasteiger partial charge in [0.15, 0.2) is 6.29 Å². The Hall–Kier alpha value is -1.32. The Kier molecular flexibility index (Phi) is 3.06. The van der Waals surface area contributed by atoms with Gasteiger partial charge in [-0.1, -0.05) is 13.8 Å². The molecule has 0 aliphatic rings. The first-order chi connectivity index (χ1) is 6.19. The molecule has 0 aliphatic heterocycles. The summed E-state index contributed by atoms with van der Waals surface area (Å²) < 4.78 is 5.19. The monoisotopic (exact) mass is 182 g/mol. The van der Waals surface area contributed by atoms with Gasteiger partial charge in [-0.25, -0.2) is 0 Å². The number of hydrogen-bond donors (Lipinski definition) is 1. The lowest BCUT2D eigenvalue weighted by Gasteiger charge is -1.97. The number of carbonyl (C=O) groups is 1. The molecule has 13 heavy (non-hydrogen) atoms. The van der Waals surface area contributed by atoms with Gasteiger partial charge in [-0.2, -0.15) is 4.98 Å². The zero-order valence-electron chi connectivity index (χ0n) is 8.13. The molecule has 1 rings (SSSR count). The molecule has 0 spiro atoms. The third kappa shape index (κ3) is 2.08. The molecule has 4 heteroatoms. The number of nitrogens with one attached hydrogen (secondary N) is 1. The minimum absolute atomic E-state index is 0.271. The molecule has 0 aromatic carbocycles. The minimum Gasteiger partial charge on any atom is -0.476 e. The molecule has 1 aromatic rings. The van der Waals surface area contributed by atoms with Gasteiger partial charge < -0.3 is 9.72 Å². The molecule has 0 saturated carbocycles. The van der Waals surface area contributed by atoms with Gasteiger partial charge >= 0.3 is 0 Å². The maximum Gasteiger partial charge on any atom is 0.242 e. The number of aldehydes is 1. The molecule has 0 saturated heterocycles. The highest BCUT2D eigenvalue weighted by Crippen LogP contribution is 2.18. The summed E-state index contributed by atoms with van der Waals surface area (Å²) in [6.45, 7) is 6.38. The Bertz CT molecular complexity index is 292. The topological polar surface area (TPSA) is 55.0 Å². The maximum atomic E-state index is 10.6. The largest absolute Gasteiger partial charge is 0.476 e. The number of imidazole rings is 1. The number of aromatic nitrogens is 2. The van der Waals surface area contributed by atoms with Crippen molar-refractivity contribution in [3.63, 3.8) is 0 Å². The molecule has 0 unspecified atom stereocenters. The zero-order valence-corrected chi connectivity index (χ0v) is 8.13. The Balaban J connectivity index is 2.96. The number of rotatable bonds is 4. The van der Waals surface area contributed by atoms with Crippen LogP contribution in [0.2, 0.25) is 0 Å². The average Bonchev–Trinajstić information content (AvgIpc) is 2.48. The van der Waals surface area contributed by atoms with E-state index in [1.54, 1.807) is 0 Å². The highest BCUT2D eigenvalue weighted by atomic mass is 16.5. The normalized spacial score (nSPS) is 10.5. The maximum absolute atomic E-state index is 10.6. The molecule has 0 radical (unpaired) electrons. The SMILES string of the molecule is CCOc1nc(C(C)C)[nH]c1C=O. The second-order valence-electron chi connectivity index (χ2n) is 3.05.